The topological polar surface area (TPSA) is 84.5 Å². The van der Waals surface area contributed by atoms with Gasteiger partial charge < -0.3 is 10.1 Å². The molecule has 2 aromatic rings. The molecule has 0 spiro atoms. The minimum atomic E-state index is -4.16. The van der Waals surface area contributed by atoms with Gasteiger partial charge in [0.1, 0.15) is 11.6 Å². The number of amides is 1. The first-order valence-corrected chi connectivity index (χ1v) is 9.08. The van der Waals surface area contributed by atoms with Gasteiger partial charge >= 0.3 is 0 Å². The minimum absolute atomic E-state index is 0.170. The number of carbonyl (C=O) groups is 1. The number of methoxy groups -OCH3 is 1. The van der Waals surface area contributed by atoms with E-state index in [0.717, 1.165) is 12.1 Å². The lowest BCUT2D eigenvalue weighted by molar-refractivity contribution is 0.0936. The molecule has 2 rings (SSSR count). The third-order valence-corrected chi connectivity index (χ3v) is 4.89. The lowest BCUT2D eigenvalue weighted by atomic mass is 10.1. The van der Waals surface area contributed by atoms with Crippen LogP contribution in [-0.4, -0.2) is 34.6 Å². The third kappa shape index (κ3) is 4.77. The molecule has 140 valence electrons. The predicted molar refractivity (Wildman–Crippen MR) is 92.6 cm³/mol. The minimum Gasteiger partial charge on any atom is -0.383 e. The SMILES string of the molecule is COCCNC(=O)c1cc(S(=O)(=O)Nc2ccc(F)cc2F)ccc1C. The van der Waals surface area contributed by atoms with Gasteiger partial charge in [-0.3, -0.25) is 9.52 Å². The number of sulfonamides is 1. The Morgan fingerprint density at radius 3 is 2.54 bits per heavy atom. The molecule has 1 amide bonds. The molecule has 2 aromatic carbocycles. The van der Waals surface area contributed by atoms with E-state index in [1.54, 1.807) is 6.92 Å². The molecule has 0 heterocycles. The second kappa shape index (κ2) is 8.24. The number of ether oxygens (including phenoxy) is 1. The van der Waals surface area contributed by atoms with E-state index >= 15 is 0 Å². The zero-order valence-electron chi connectivity index (χ0n) is 14.2. The van der Waals surface area contributed by atoms with Crippen molar-refractivity contribution in [1.82, 2.24) is 5.32 Å². The number of aryl methyl sites for hydroxylation is 1. The number of carbonyl (C=O) groups excluding carboxylic acids is 1. The summed E-state index contributed by atoms with van der Waals surface area (Å²) in [5.41, 5.74) is 0.355. The molecule has 2 N–H and O–H groups in total. The molecule has 9 heteroatoms. The molecule has 0 aromatic heterocycles. The first-order chi connectivity index (χ1) is 12.2. The van der Waals surface area contributed by atoms with E-state index in [0.29, 0.717) is 18.2 Å². The fourth-order valence-electron chi connectivity index (χ4n) is 2.15. The summed E-state index contributed by atoms with van der Waals surface area (Å²) < 4.78 is 58.5. The molecule has 0 unspecified atom stereocenters. The molecule has 0 aliphatic heterocycles. The second-order valence-electron chi connectivity index (χ2n) is 5.46. The van der Waals surface area contributed by atoms with Crippen LogP contribution >= 0.6 is 0 Å². The van der Waals surface area contributed by atoms with Crippen molar-refractivity contribution < 1.29 is 26.7 Å². The fourth-order valence-corrected chi connectivity index (χ4v) is 3.24. The number of halogens is 2. The van der Waals surface area contributed by atoms with Crippen LogP contribution in [0.15, 0.2) is 41.3 Å². The molecule has 0 aliphatic carbocycles. The van der Waals surface area contributed by atoms with Gasteiger partial charge in [-0.15, -0.1) is 0 Å². The molecule has 6 nitrogen and oxygen atoms in total. The lowest BCUT2D eigenvalue weighted by Gasteiger charge is -2.12. The maximum Gasteiger partial charge on any atom is 0.262 e. The van der Waals surface area contributed by atoms with Gasteiger partial charge in [0.05, 0.1) is 17.2 Å². The van der Waals surface area contributed by atoms with Crippen LogP contribution < -0.4 is 10.0 Å². The van der Waals surface area contributed by atoms with E-state index < -0.39 is 33.3 Å². The van der Waals surface area contributed by atoms with Gasteiger partial charge in [-0.05, 0) is 36.8 Å². The summed E-state index contributed by atoms with van der Waals surface area (Å²) >= 11 is 0. The normalized spacial score (nSPS) is 11.2. The Morgan fingerprint density at radius 1 is 1.15 bits per heavy atom. The van der Waals surface area contributed by atoms with E-state index in [4.69, 9.17) is 4.74 Å². The smallest absolute Gasteiger partial charge is 0.262 e. The average molecular weight is 384 g/mol. The molecule has 26 heavy (non-hydrogen) atoms. The summed E-state index contributed by atoms with van der Waals surface area (Å²) in [6.07, 6.45) is 0. The maximum absolute atomic E-state index is 13.7. The van der Waals surface area contributed by atoms with Crippen LogP contribution in [-0.2, 0) is 14.8 Å². The quantitative estimate of drug-likeness (QED) is 0.718. The summed E-state index contributed by atoms with van der Waals surface area (Å²) in [7, 11) is -2.67. The summed E-state index contributed by atoms with van der Waals surface area (Å²) in [5.74, 6) is -2.32. The standard InChI is InChI=1S/C17H18F2N2O4S/c1-11-3-5-13(10-14(11)17(22)20-7-8-25-2)26(23,24)21-16-6-4-12(18)9-15(16)19/h3-6,9-10,21H,7-8H2,1-2H3,(H,20,22). The Labute approximate surface area is 150 Å². The van der Waals surface area contributed by atoms with Gasteiger partial charge in [0.2, 0.25) is 0 Å². The van der Waals surface area contributed by atoms with Crippen molar-refractivity contribution in [2.75, 3.05) is 25.0 Å². The Bertz CT molecular complexity index is 917. The van der Waals surface area contributed by atoms with Crippen molar-refractivity contribution in [3.05, 3.63) is 59.2 Å². The number of benzene rings is 2. The highest BCUT2D eigenvalue weighted by molar-refractivity contribution is 7.92. The Balaban J connectivity index is 2.29. The van der Waals surface area contributed by atoms with Crippen LogP contribution in [0.3, 0.4) is 0 Å². The maximum atomic E-state index is 13.7. The highest BCUT2D eigenvalue weighted by Crippen LogP contribution is 2.22. The van der Waals surface area contributed by atoms with Crippen LogP contribution in [0, 0.1) is 18.6 Å². The Morgan fingerprint density at radius 2 is 1.88 bits per heavy atom. The zero-order chi connectivity index (χ0) is 19.3. The summed E-state index contributed by atoms with van der Waals surface area (Å²) in [5, 5.41) is 2.60. The van der Waals surface area contributed by atoms with E-state index in [1.165, 1.54) is 25.3 Å². The first-order valence-electron chi connectivity index (χ1n) is 7.60. The van der Waals surface area contributed by atoms with Crippen LogP contribution in [0.4, 0.5) is 14.5 Å². The lowest BCUT2D eigenvalue weighted by Crippen LogP contribution is -2.28. The van der Waals surface area contributed by atoms with Gasteiger partial charge in [-0.1, -0.05) is 6.07 Å². The molecule has 0 saturated heterocycles. The number of hydrogen-bond donors (Lipinski definition) is 2. The molecular weight excluding hydrogens is 366 g/mol. The van der Waals surface area contributed by atoms with Gasteiger partial charge in [0.25, 0.3) is 15.9 Å². The fraction of sp³-hybridized carbons (Fsp3) is 0.235. The van der Waals surface area contributed by atoms with Crippen molar-refractivity contribution in [1.29, 1.82) is 0 Å². The van der Waals surface area contributed by atoms with Crippen molar-refractivity contribution >= 4 is 21.6 Å². The molecule has 0 bridgehead atoms. The average Bonchev–Trinajstić information content (AvgIpc) is 2.57. The van der Waals surface area contributed by atoms with Gasteiger partial charge in [0.15, 0.2) is 0 Å². The Hall–Kier alpha value is -2.52. The van der Waals surface area contributed by atoms with Crippen LogP contribution in [0.1, 0.15) is 15.9 Å². The summed E-state index contributed by atoms with van der Waals surface area (Å²) in [6, 6.07) is 6.45. The molecule has 0 radical (unpaired) electrons. The Kier molecular flexibility index (Phi) is 6.27. The predicted octanol–water partition coefficient (Wildman–Crippen LogP) is 2.45. The van der Waals surface area contributed by atoms with Crippen LogP contribution in [0.5, 0.6) is 0 Å². The molecule has 0 aliphatic rings. The number of hydrogen-bond acceptors (Lipinski definition) is 4. The molecule has 0 atom stereocenters. The van der Waals surface area contributed by atoms with Gasteiger partial charge in [0, 0.05) is 25.3 Å². The van der Waals surface area contributed by atoms with Crippen molar-refractivity contribution in [3.63, 3.8) is 0 Å². The van der Waals surface area contributed by atoms with E-state index in [2.05, 4.69) is 5.32 Å². The number of rotatable bonds is 7. The highest BCUT2D eigenvalue weighted by Gasteiger charge is 2.19. The van der Waals surface area contributed by atoms with Crippen molar-refractivity contribution in [2.24, 2.45) is 0 Å². The second-order valence-corrected chi connectivity index (χ2v) is 7.14. The largest absolute Gasteiger partial charge is 0.383 e. The van der Waals surface area contributed by atoms with Crippen molar-refractivity contribution in [3.8, 4) is 0 Å². The number of anilines is 1. The molecular formula is C17H18F2N2O4S. The van der Waals surface area contributed by atoms with E-state index in [-0.39, 0.29) is 17.0 Å². The van der Waals surface area contributed by atoms with Crippen LogP contribution in [0.2, 0.25) is 0 Å². The van der Waals surface area contributed by atoms with Crippen LogP contribution in [0.25, 0.3) is 0 Å². The van der Waals surface area contributed by atoms with Gasteiger partial charge in [-0.25, -0.2) is 17.2 Å². The molecule has 0 fully saturated rings. The third-order valence-electron chi connectivity index (χ3n) is 3.53. The van der Waals surface area contributed by atoms with Crippen molar-refractivity contribution in [2.45, 2.75) is 11.8 Å². The zero-order valence-corrected chi connectivity index (χ0v) is 15.0. The van der Waals surface area contributed by atoms with Gasteiger partial charge in [-0.2, -0.15) is 0 Å². The number of nitrogens with one attached hydrogen (secondary N) is 2. The van der Waals surface area contributed by atoms with E-state index in [1.807, 2.05) is 4.72 Å². The summed E-state index contributed by atoms with van der Waals surface area (Å²) in [4.78, 5) is 12.0. The monoisotopic (exact) mass is 384 g/mol. The summed E-state index contributed by atoms with van der Waals surface area (Å²) in [6.45, 7) is 2.24. The molecule has 0 saturated carbocycles. The first kappa shape index (κ1) is 19.8. The van der Waals surface area contributed by atoms with E-state index in [9.17, 15) is 22.0 Å². The highest BCUT2D eigenvalue weighted by atomic mass is 32.2.